The summed E-state index contributed by atoms with van der Waals surface area (Å²) < 4.78 is 13.4. The highest BCUT2D eigenvalue weighted by Crippen LogP contribution is 2.39. The lowest BCUT2D eigenvalue weighted by molar-refractivity contribution is 0.271. The third kappa shape index (κ3) is 3.65. The number of fused-ring (bicyclic) bond motifs is 1. The van der Waals surface area contributed by atoms with Gasteiger partial charge < -0.3 is 24.3 Å². The van der Waals surface area contributed by atoms with Crippen molar-refractivity contribution in [1.29, 1.82) is 0 Å². The highest BCUT2D eigenvalue weighted by Gasteiger charge is 2.33. The Morgan fingerprint density at radius 3 is 2.58 bits per heavy atom. The molecule has 3 rings (SSSR count). The minimum atomic E-state index is -0.0977. The second-order valence-electron chi connectivity index (χ2n) is 7.51. The number of hydrogen-bond donors (Lipinski definition) is 1. The minimum Gasteiger partial charge on any atom is -0.497 e. The first-order valence-electron chi connectivity index (χ1n) is 8.80. The Kier molecular flexibility index (Phi) is 5.14. The van der Waals surface area contributed by atoms with Crippen molar-refractivity contribution in [3.63, 3.8) is 0 Å². The van der Waals surface area contributed by atoms with E-state index in [0.717, 1.165) is 35.3 Å². The lowest BCUT2D eigenvalue weighted by atomic mass is 9.98. The fourth-order valence-electron chi connectivity index (χ4n) is 3.38. The van der Waals surface area contributed by atoms with Crippen LogP contribution in [0.5, 0.6) is 11.5 Å². The summed E-state index contributed by atoms with van der Waals surface area (Å²) >= 11 is 5.78. The van der Waals surface area contributed by atoms with Crippen molar-refractivity contribution >= 4 is 17.3 Å². The highest BCUT2D eigenvalue weighted by atomic mass is 32.1. The second kappa shape index (κ2) is 7.19. The SMILES string of the molecule is COc1ccc(OC)c([C@H]2c3cccn3CCN2C(=S)NC(C)(C)C)c1. The number of nitrogens with one attached hydrogen (secondary N) is 1. The summed E-state index contributed by atoms with van der Waals surface area (Å²) in [4.78, 5) is 2.24. The van der Waals surface area contributed by atoms with E-state index in [-0.39, 0.29) is 11.6 Å². The van der Waals surface area contributed by atoms with Gasteiger partial charge in [0.2, 0.25) is 0 Å². The Morgan fingerprint density at radius 1 is 1.15 bits per heavy atom. The van der Waals surface area contributed by atoms with Gasteiger partial charge in [0.25, 0.3) is 0 Å². The number of aromatic nitrogens is 1. The predicted octanol–water partition coefficient (Wildman–Crippen LogP) is 3.58. The summed E-state index contributed by atoms with van der Waals surface area (Å²) in [6.07, 6.45) is 2.12. The quantitative estimate of drug-likeness (QED) is 0.833. The zero-order valence-electron chi connectivity index (χ0n) is 16.1. The average Bonchev–Trinajstić information content (AvgIpc) is 3.07. The van der Waals surface area contributed by atoms with Gasteiger partial charge in [-0.1, -0.05) is 0 Å². The van der Waals surface area contributed by atoms with E-state index in [1.54, 1.807) is 14.2 Å². The molecule has 1 aliphatic heterocycles. The molecule has 5 nitrogen and oxygen atoms in total. The molecule has 0 amide bonds. The molecule has 26 heavy (non-hydrogen) atoms. The molecular weight excluding hydrogens is 346 g/mol. The molecule has 0 saturated heterocycles. The molecular formula is C20H27N3O2S. The molecule has 1 atom stereocenters. The highest BCUT2D eigenvalue weighted by molar-refractivity contribution is 7.80. The monoisotopic (exact) mass is 373 g/mol. The third-order valence-electron chi connectivity index (χ3n) is 4.51. The molecule has 0 radical (unpaired) electrons. The van der Waals surface area contributed by atoms with E-state index in [9.17, 15) is 0 Å². The molecule has 2 heterocycles. The Hall–Kier alpha value is -2.21. The van der Waals surface area contributed by atoms with Crippen LogP contribution >= 0.6 is 12.2 Å². The van der Waals surface area contributed by atoms with Gasteiger partial charge in [-0.2, -0.15) is 0 Å². The molecule has 0 unspecified atom stereocenters. The summed E-state index contributed by atoms with van der Waals surface area (Å²) in [5.41, 5.74) is 2.14. The Bertz CT molecular complexity index is 795. The van der Waals surface area contributed by atoms with Gasteiger partial charge >= 0.3 is 0 Å². The number of thiocarbonyl (C=S) groups is 1. The van der Waals surface area contributed by atoms with Gasteiger partial charge in [0.15, 0.2) is 5.11 Å². The Morgan fingerprint density at radius 2 is 1.92 bits per heavy atom. The largest absolute Gasteiger partial charge is 0.497 e. The molecule has 0 bridgehead atoms. The van der Waals surface area contributed by atoms with Crippen molar-refractivity contribution in [2.24, 2.45) is 0 Å². The van der Waals surface area contributed by atoms with Crippen LogP contribution in [0.4, 0.5) is 0 Å². The summed E-state index contributed by atoms with van der Waals surface area (Å²) in [7, 11) is 3.38. The number of rotatable bonds is 3. The maximum Gasteiger partial charge on any atom is 0.170 e. The maximum atomic E-state index is 5.78. The predicted molar refractivity (Wildman–Crippen MR) is 108 cm³/mol. The molecule has 0 fully saturated rings. The van der Waals surface area contributed by atoms with Crippen LogP contribution in [0.25, 0.3) is 0 Å². The maximum absolute atomic E-state index is 5.78. The third-order valence-corrected chi connectivity index (χ3v) is 4.85. The van der Waals surface area contributed by atoms with Crippen LogP contribution in [-0.2, 0) is 6.54 Å². The molecule has 1 aliphatic rings. The molecule has 2 aromatic rings. The van der Waals surface area contributed by atoms with Gasteiger partial charge in [0.05, 0.1) is 14.2 Å². The van der Waals surface area contributed by atoms with Crippen LogP contribution in [0.15, 0.2) is 36.5 Å². The molecule has 0 saturated carbocycles. The zero-order valence-corrected chi connectivity index (χ0v) is 16.9. The summed E-state index contributed by atoms with van der Waals surface area (Å²) in [5.74, 6) is 1.63. The topological polar surface area (TPSA) is 38.7 Å². The second-order valence-corrected chi connectivity index (χ2v) is 7.90. The van der Waals surface area contributed by atoms with Crippen molar-refractivity contribution in [2.75, 3.05) is 20.8 Å². The lowest BCUT2D eigenvalue weighted by Gasteiger charge is -2.41. The normalized spacial score (nSPS) is 16.8. The molecule has 1 N–H and O–H groups in total. The van der Waals surface area contributed by atoms with Gasteiger partial charge in [-0.3, -0.25) is 0 Å². The number of hydrogen-bond acceptors (Lipinski definition) is 3. The van der Waals surface area contributed by atoms with E-state index in [1.165, 1.54) is 5.69 Å². The number of methoxy groups -OCH3 is 2. The first-order valence-corrected chi connectivity index (χ1v) is 9.20. The molecule has 6 heteroatoms. The molecule has 0 spiro atoms. The molecule has 1 aromatic carbocycles. The van der Waals surface area contributed by atoms with E-state index in [4.69, 9.17) is 21.7 Å². The van der Waals surface area contributed by atoms with Crippen molar-refractivity contribution in [2.45, 2.75) is 38.9 Å². The molecule has 1 aromatic heterocycles. The smallest absolute Gasteiger partial charge is 0.170 e. The van der Waals surface area contributed by atoms with Gasteiger partial charge in [-0.25, -0.2) is 0 Å². The first-order chi connectivity index (χ1) is 12.3. The molecule has 0 aliphatic carbocycles. The Balaban J connectivity index is 2.09. The minimum absolute atomic E-state index is 0.0360. The first kappa shape index (κ1) is 18.6. The summed E-state index contributed by atoms with van der Waals surface area (Å²) in [6, 6.07) is 10.1. The van der Waals surface area contributed by atoms with Crippen molar-refractivity contribution in [1.82, 2.24) is 14.8 Å². The van der Waals surface area contributed by atoms with E-state index in [0.29, 0.717) is 0 Å². The lowest BCUT2D eigenvalue weighted by Crippen LogP contribution is -2.52. The van der Waals surface area contributed by atoms with Crippen LogP contribution in [0, 0.1) is 0 Å². The van der Waals surface area contributed by atoms with Crippen molar-refractivity contribution in [3.8, 4) is 11.5 Å². The van der Waals surface area contributed by atoms with Gasteiger partial charge in [0.1, 0.15) is 17.5 Å². The van der Waals surface area contributed by atoms with Crippen molar-refractivity contribution < 1.29 is 9.47 Å². The van der Waals surface area contributed by atoms with Crippen LogP contribution in [-0.4, -0.2) is 40.9 Å². The van der Waals surface area contributed by atoms with E-state index in [2.05, 4.69) is 53.9 Å². The zero-order chi connectivity index (χ0) is 18.9. The standard InChI is InChI=1S/C20H27N3O2S/c1-20(2,3)21-19(26)23-12-11-22-10-6-7-16(22)18(23)15-13-14(24-4)8-9-17(15)25-5/h6-10,13,18H,11-12H2,1-5H3,(H,21,26)/t18-/m0/s1. The van der Waals surface area contributed by atoms with E-state index >= 15 is 0 Å². The summed E-state index contributed by atoms with van der Waals surface area (Å²) in [6.45, 7) is 8.08. The fraction of sp³-hybridized carbons (Fsp3) is 0.450. The number of ether oxygens (including phenoxy) is 2. The van der Waals surface area contributed by atoms with E-state index in [1.807, 2.05) is 18.2 Å². The number of benzene rings is 1. The van der Waals surface area contributed by atoms with Crippen LogP contribution in [0.1, 0.15) is 38.1 Å². The van der Waals surface area contributed by atoms with Gasteiger partial charge in [0, 0.05) is 36.1 Å². The fourth-order valence-corrected chi connectivity index (χ4v) is 3.88. The van der Waals surface area contributed by atoms with Crippen LogP contribution in [0.3, 0.4) is 0 Å². The Labute approximate surface area is 160 Å². The average molecular weight is 374 g/mol. The summed E-state index contributed by atoms with van der Waals surface area (Å²) in [5, 5.41) is 4.20. The van der Waals surface area contributed by atoms with Crippen molar-refractivity contribution in [3.05, 3.63) is 47.8 Å². The molecule has 140 valence electrons. The van der Waals surface area contributed by atoms with Crippen LogP contribution < -0.4 is 14.8 Å². The van der Waals surface area contributed by atoms with Gasteiger partial charge in [-0.15, -0.1) is 0 Å². The van der Waals surface area contributed by atoms with E-state index < -0.39 is 0 Å². The van der Waals surface area contributed by atoms with Gasteiger partial charge in [-0.05, 0) is 63.3 Å². The number of nitrogens with zero attached hydrogens (tertiary/aromatic N) is 2. The van der Waals surface area contributed by atoms with Crippen LogP contribution in [0.2, 0.25) is 0 Å².